The Morgan fingerprint density at radius 1 is 1.13 bits per heavy atom. The number of carbonyl (C=O) groups is 1. The van der Waals surface area contributed by atoms with Crippen LogP contribution in [0.2, 0.25) is 0 Å². The maximum absolute atomic E-state index is 13.3. The lowest BCUT2D eigenvalue weighted by atomic mass is 9.73. The molecule has 0 saturated carbocycles. The predicted octanol–water partition coefficient (Wildman–Crippen LogP) is 3.84. The molecule has 1 aliphatic rings. The molecule has 1 saturated heterocycles. The second-order valence-electron chi connectivity index (χ2n) is 7.07. The van der Waals surface area contributed by atoms with Crippen LogP contribution in [0.5, 0.6) is 11.5 Å². The summed E-state index contributed by atoms with van der Waals surface area (Å²) in [5.41, 5.74) is 0.687. The molecule has 5 nitrogen and oxygen atoms in total. The predicted molar refractivity (Wildman–Crippen MR) is 104 cm³/mol. The monoisotopic (exact) mass is 423 g/mol. The summed E-state index contributed by atoms with van der Waals surface area (Å²) in [4.78, 5) is 13.1. The van der Waals surface area contributed by atoms with Gasteiger partial charge in [0.25, 0.3) is 0 Å². The molecule has 162 valence electrons. The fraction of sp³-hybridized carbons (Fsp3) is 0.409. The van der Waals surface area contributed by atoms with E-state index in [4.69, 9.17) is 9.47 Å². The molecule has 0 radical (unpaired) electrons. The molecule has 0 unspecified atom stereocenters. The van der Waals surface area contributed by atoms with Gasteiger partial charge in [0.1, 0.15) is 5.82 Å². The van der Waals surface area contributed by atoms with Gasteiger partial charge in [-0.1, -0.05) is 18.2 Å². The topological polar surface area (TPSA) is 56.8 Å². The van der Waals surface area contributed by atoms with Crippen LogP contribution in [0.15, 0.2) is 42.5 Å². The van der Waals surface area contributed by atoms with E-state index < -0.39 is 12.0 Å². The number of hydrogen-bond acceptors (Lipinski definition) is 4. The molecular formula is C22H24F3NO4. The first-order valence-corrected chi connectivity index (χ1v) is 9.68. The number of nitrogens with one attached hydrogen (secondary N) is 1. The Labute approximate surface area is 173 Å². The van der Waals surface area contributed by atoms with Crippen LogP contribution in [0.1, 0.15) is 24.0 Å². The van der Waals surface area contributed by atoms with Crippen molar-refractivity contribution >= 4 is 5.91 Å². The van der Waals surface area contributed by atoms with Crippen molar-refractivity contribution in [1.29, 1.82) is 0 Å². The van der Waals surface area contributed by atoms with Crippen LogP contribution in [0.3, 0.4) is 0 Å². The smallest absolute Gasteiger partial charge is 0.387 e. The lowest BCUT2D eigenvalue weighted by Crippen LogP contribution is -2.48. The average molecular weight is 423 g/mol. The third-order valence-corrected chi connectivity index (χ3v) is 5.32. The van der Waals surface area contributed by atoms with Crippen LogP contribution in [0, 0.1) is 5.82 Å². The largest absolute Gasteiger partial charge is 0.493 e. The molecule has 0 aliphatic carbocycles. The van der Waals surface area contributed by atoms with E-state index in [2.05, 4.69) is 10.1 Å². The molecule has 1 heterocycles. The average Bonchev–Trinajstić information content (AvgIpc) is 2.74. The molecule has 0 aromatic heterocycles. The fourth-order valence-electron chi connectivity index (χ4n) is 3.69. The summed E-state index contributed by atoms with van der Waals surface area (Å²) in [5.74, 6) is -0.359. The Bertz CT molecular complexity index is 852. The van der Waals surface area contributed by atoms with E-state index >= 15 is 0 Å². The second kappa shape index (κ2) is 9.84. The maximum Gasteiger partial charge on any atom is 0.387 e. The summed E-state index contributed by atoms with van der Waals surface area (Å²) in [5, 5.41) is 2.94. The summed E-state index contributed by atoms with van der Waals surface area (Å²) >= 11 is 0. The van der Waals surface area contributed by atoms with Crippen molar-refractivity contribution in [1.82, 2.24) is 5.32 Å². The zero-order chi connectivity index (χ0) is 21.6. The molecule has 0 spiro atoms. The first-order chi connectivity index (χ1) is 14.4. The van der Waals surface area contributed by atoms with Crippen molar-refractivity contribution in [2.45, 2.75) is 31.3 Å². The zero-order valence-electron chi connectivity index (χ0n) is 16.6. The fourth-order valence-corrected chi connectivity index (χ4v) is 3.69. The highest BCUT2D eigenvalue weighted by Crippen LogP contribution is 2.35. The summed E-state index contributed by atoms with van der Waals surface area (Å²) < 4.78 is 53.5. The van der Waals surface area contributed by atoms with Gasteiger partial charge in [-0.25, -0.2) is 4.39 Å². The van der Waals surface area contributed by atoms with E-state index in [1.165, 1.54) is 25.3 Å². The Balaban J connectivity index is 1.68. The van der Waals surface area contributed by atoms with Crippen LogP contribution in [0.25, 0.3) is 0 Å². The number of rotatable bonds is 8. The van der Waals surface area contributed by atoms with Gasteiger partial charge in [0.05, 0.1) is 12.5 Å². The van der Waals surface area contributed by atoms with Gasteiger partial charge in [-0.15, -0.1) is 0 Å². The Morgan fingerprint density at radius 3 is 2.47 bits per heavy atom. The minimum atomic E-state index is -2.96. The van der Waals surface area contributed by atoms with Gasteiger partial charge in [0, 0.05) is 19.8 Å². The number of ether oxygens (including phenoxy) is 3. The highest BCUT2D eigenvalue weighted by molar-refractivity contribution is 5.88. The van der Waals surface area contributed by atoms with E-state index in [0.29, 0.717) is 39.0 Å². The third-order valence-electron chi connectivity index (χ3n) is 5.32. The van der Waals surface area contributed by atoms with Gasteiger partial charge in [0.2, 0.25) is 5.91 Å². The number of amides is 1. The SMILES string of the molecule is COc1ccc(CCNC(=O)C2(c3ccc(F)cc3)CCOCC2)cc1OC(F)F. The molecule has 1 fully saturated rings. The van der Waals surface area contributed by atoms with Gasteiger partial charge in [-0.2, -0.15) is 8.78 Å². The van der Waals surface area contributed by atoms with Gasteiger partial charge in [-0.3, -0.25) is 4.79 Å². The number of alkyl halides is 2. The highest BCUT2D eigenvalue weighted by Gasteiger charge is 2.41. The van der Waals surface area contributed by atoms with Crippen molar-refractivity contribution in [2.75, 3.05) is 26.9 Å². The molecule has 1 aliphatic heterocycles. The summed E-state index contributed by atoms with van der Waals surface area (Å²) in [6.07, 6.45) is 1.42. The zero-order valence-corrected chi connectivity index (χ0v) is 16.6. The molecule has 0 bridgehead atoms. The molecule has 2 aromatic carbocycles. The van der Waals surface area contributed by atoms with Crippen LogP contribution in [0.4, 0.5) is 13.2 Å². The second-order valence-corrected chi connectivity index (χ2v) is 7.07. The highest BCUT2D eigenvalue weighted by atomic mass is 19.3. The molecule has 0 atom stereocenters. The Kier molecular flexibility index (Phi) is 7.20. The number of benzene rings is 2. The van der Waals surface area contributed by atoms with Gasteiger partial charge < -0.3 is 19.5 Å². The van der Waals surface area contributed by atoms with Crippen molar-refractivity contribution in [2.24, 2.45) is 0 Å². The standard InChI is InChI=1S/C22H24F3NO4/c1-28-18-7-2-15(14-19(18)30-21(24)25)8-11-26-20(27)22(9-12-29-13-10-22)16-3-5-17(23)6-4-16/h2-7,14,21H,8-13H2,1H3,(H,26,27). The van der Waals surface area contributed by atoms with Gasteiger partial charge in [-0.05, 0) is 54.7 Å². The quantitative estimate of drug-likeness (QED) is 0.701. The molecule has 8 heteroatoms. The number of carbonyl (C=O) groups excluding carboxylic acids is 1. The van der Waals surface area contributed by atoms with Gasteiger partial charge >= 0.3 is 6.61 Å². The van der Waals surface area contributed by atoms with E-state index in [1.54, 1.807) is 24.3 Å². The summed E-state index contributed by atoms with van der Waals surface area (Å²) in [6, 6.07) is 10.7. The van der Waals surface area contributed by atoms with Crippen molar-refractivity contribution in [3.63, 3.8) is 0 Å². The van der Waals surface area contributed by atoms with Crippen molar-refractivity contribution in [3.05, 3.63) is 59.4 Å². The normalized spacial score (nSPS) is 15.6. The van der Waals surface area contributed by atoms with E-state index in [0.717, 1.165) is 11.1 Å². The van der Waals surface area contributed by atoms with E-state index in [9.17, 15) is 18.0 Å². The minimum absolute atomic E-state index is 0.0523. The Morgan fingerprint density at radius 2 is 1.83 bits per heavy atom. The van der Waals surface area contributed by atoms with Crippen LogP contribution in [-0.2, 0) is 21.4 Å². The van der Waals surface area contributed by atoms with Crippen molar-refractivity contribution in [3.8, 4) is 11.5 Å². The summed E-state index contributed by atoms with van der Waals surface area (Å²) in [7, 11) is 1.37. The third kappa shape index (κ3) is 5.05. The lowest BCUT2D eigenvalue weighted by molar-refractivity contribution is -0.130. The number of halogens is 3. The lowest BCUT2D eigenvalue weighted by Gasteiger charge is -2.36. The molecular weight excluding hydrogens is 399 g/mol. The molecule has 2 aromatic rings. The van der Waals surface area contributed by atoms with E-state index in [1.807, 2.05) is 0 Å². The molecule has 3 rings (SSSR count). The van der Waals surface area contributed by atoms with Crippen LogP contribution in [-0.4, -0.2) is 39.4 Å². The Hall–Kier alpha value is -2.74. The van der Waals surface area contributed by atoms with Gasteiger partial charge in [0.15, 0.2) is 11.5 Å². The first-order valence-electron chi connectivity index (χ1n) is 9.68. The van der Waals surface area contributed by atoms with E-state index in [-0.39, 0.29) is 23.2 Å². The van der Waals surface area contributed by atoms with Crippen LogP contribution >= 0.6 is 0 Å². The summed E-state index contributed by atoms with van der Waals surface area (Å²) in [6.45, 7) is -1.77. The number of methoxy groups -OCH3 is 1. The molecule has 30 heavy (non-hydrogen) atoms. The molecule has 1 N–H and O–H groups in total. The van der Waals surface area contributed by atoms with Crippen molar-refractivity contribution < 1.29 is 32.2 Å². The number of hydrogen-bond donors (Lipinski definition) is 1. The van der Waals surface area contributed by atoms with Crippen LogP contribution < -0.4 is 14.8 Å². The molecule has 1 amide bonds. The first kappa shape index (κ1) is 22.0. The minimum Gasteiger partial charge on any atom is -0.493 e. The maximum atomic E-state index is 13.3.